The first-order chi connectivity index (χ1) is 53.4. The van der Waals surface area contributed by atoms with E-state index in [0.29, 0.717) is 86.0 Å². The number of hydrogen-bond donors (Lipinski definition) is 10. The quantitative estimate of drug-likeness (QED) is 0.0192. The number of hydrogen-bond acceptors (Lipinski definition) is 24. The first kappa shape index (κ1) is 79.2. The van der Waals surface area contributed by atoms with Crippen molar-refractivity contribution in [1.82, 2.24) is 62.5 Å². The number of aromatic nitrogens is 4. The molecule has 110 heavy (non-hydrogen) atoms. The van der Waals surface area contributed by atoms with Crippen LogP contribution < -0.4 is 82.4 Å². The van der Waals surface area contributed by atoms with Crippen LogP contribution in [0.5, 0.6) is 34.5 Å². The van der Waals surface area contributed by atoms with Gasteiger partial charge in [0.1, 0.15) is 51.0 Å². The Morgan fingerprint density at radius 1 is 0.400 bits per heavy atom. The Labute approximate surface area is 631 Å². The summed E-state index contributed by atoms with van der Waals surface area (Å²) in [5.74, 6) is 1.12. The van der Waals surface area contributed by atoms with Crippen LogP contribution in [0.3, 0.4) is 0 Å². The molecule has 0 saturated carbocycles. The third kappa shape index (κ3) is 25.7. The summed E-state index contributed by atoms with van der Waals surface area (Å²) in [6.07, 6.45) is 5.89. The molecule has 564 valence electrons. The lowest BCUT2D eigenvalue weighted by Gasteiger charge is -2.12. The van der Waals surface area contributed by atoms with E-state index in [9.17, 15) is 28.8 Å². The molecule has 33 nitrogen and oxygen atoms in total. The number of para-hydroxylation sites is 7. The van der Waals surface area contributed by atoms with E-state index in [0.717, 1.165) is 21.3 Å². The van der Waals surface area contributed by atoms with Gasteiger partial charge >= 0.3 is 30.1 Å². The number of benzene rings is 8. The fourth-order valence-electron chi connectivity index (χ4n) is 8.97. The highest BCUT2D eigenvalue weighted by atomic mass is 32.1. The van der Waals surface area contributed by atoms with Gasteiger partial charge in [-0.15, -0.1) is 0 Å². The molecule has 0 aliphatic heterocycles. The standard InChI is InChI=1S/C28H24N4O5.C26H24N4O7.C11H13N5O2.C11H13N5OS/c1-35-21-13-7-19(8-14-21)11-17-25(33)30-27(32-28-29-23-5-3-4-6-24(23)37-28)31-26(34)18-12-20-9-15-22(36-2)16-10-20;1-33-17-7-11-19(12-8-17)35-15-23(31)28-25(30-26-27-21-5-3-4-6-22(21)37-26)29-24(32)16-36-20-13-9-18(34-2)10-14-20;2*1-2-13-10(17)15-9(12)16-11-14-7-5-3-4-6-8(7)18-11/h3-18H,1-2H3,(H2,29,30,31,32,33,34);3-14H,15-16H2,1-2H3,(H2,27,28,29,30,31,32);2*3-6H,2H2,1H3,(H4,12,13,14,15,16,17)/b17-11+,18-12+;;;. The number of carbonyl (C=O) groups is 6. The number of ether oxygens (including phenoxy) is 6. The van der Waals surface area contributed by atoms with Crippen LogP contribution in [0.4, 0.5) is 32.8 Å². The zero-order valence-electron chi connectivity index (χ0n) is 59.9. The highest BCUT2D eigenvalue weighted by molar-refractivity contribution is 7.22. The maximum absolute atomic E-state index is 12.6. The Morgan fingerprint density at radius 2 is 0.736 bits per heavy atom. The molecule has 4 aromatic heterocycles. The predicted octanol–water partition coefficient (Wildman–Crippen LogP) is 10.4. The summed E-state index contributed by atoms with van der Waals surface area (Å²) in [7, 11) is 6.27. The van der Waals surface area contributed by atoms with Crippen molar-refractivity contribution in [1.29, 1.82) is 0 Å². The number of urea groups is 2. The van der Waals surface area contributed by atoms with Crippen LogP contribution in [0.15, 0.2) is 239 Å². The Morgan fingerprint density at radius 3 is 1.11 bits per heavy atom. The molecule has 0 atom stereocenters. The van der Waals surface area contributed by atoms with Crippen LogP contribution in [0, 0.1) is 0 Å². The molecule has 12 N–H and O–H groups in total. The molecular formula is C76H74N18O15S. The van der Waals surface area contributed by atoms with Crippen molar-refractivity contribution in [3.8, 4) is 34.5 Å². The number of methoxy groups -OCH3 is 4. The molecule has 0 aliphatic carbocycles. The highest BCUT2D eigenvalue weighted by Crippen LogP contribution is 2.28. The van der Waals surface area contributed by atoms with Crippen LogP contribution >= 0.6 is 11.3 Å². The molecule has 8 aromatic carbocycles. The number of carbonyl (C=O) groups excluding carboxylic acids is 6. The monoisotopic (exact) mass is 1510 g/mol. The summed E-state index contributed by atoms with van der Waals surface area (Å²) >= 11 is 1.42. The van der Waals surface area contributed by atoms with Crippen molar-refractivity contribution >= 4 is 150 Å². The van der Waals surface area contributed by atoms with Gasteiger partial charge in [-0.05, 0) is 158 Å². The van der Waals surface area contributed by atoms with E-state index >= 15 is 0 Å². The smallest absolute Gasteiger partial charge is 0.326 e. The summed E-state index contributed by atoms with van der Waals surface area (Å²) in [5, 5.41) is 20.5. The molecule has 0 bridgehead atoms. The number of guanidine groups is 4. The van der Waals surface area contributed by atoms with E-state index in [-0.39, 0.29) is 61.1 Å². The fourth-order valence-corrected chi connectivity index (χ4v) is 9.82. The summed E-state index contributed by atoms with van der Waals surface area (Å²) in [6.45, 7) is 3.98. The number of oxazole rings is 3. The van der Waals surface area contributed by atoms with Crippen LogP contribution in [-0.4, -0.2) is 134 Å². The SMILES string of the molecule is CCNC(=O)NC(N)=Nc1nc2ccccc2o1.CCNC(=O)NC(N)=Nc1nc2ccccc2s1.COc1ccc(/C=C/C(=O)NC(=Nc2nc3ccccc3o2)NC(=O)/C=C/c2ccc(OC)cc2)cc1.COc1ccc(OCC(=O)NC(=Nc2nc3ccccc3o2)NC(=O)COc2ccc(OC)cc2)cc1. The van der Waals surface area contributed by atoms with Gasteiger partial charge < -0.3 is 63.8 Å². The number of nitrogens with two attached hydrogens (primary N) is 2. The second kappa shape index (κ2) is 40.9. The molecule has 0 aliphatic rings. The molecule has 0 saturated heterocycles. The van der Waals surface area contributed by atoms with E-state index < -0.39 is 29.7 Å². The normalized spacial score (nSPS) is 10.9. The van der Waals surface area contributed by atoms with Crippen molar-refractivity contribution in [3.63, 3.8) is 0 Å². The van der Waals surface area contributed by atoms with Gasteiger partial charge in [0.05, 0.1) is 38.7 Å². The number of fused-ring (bicyclic) bond motifs is 4. The molecule has 4 heterocycles. The van der Waals surface area contributed by atoms with Crippen molar-refractivity contribution in [2.24, 2.45) is 31.4 Å². The van der Waals surface area contributed by atoms with E-state index in [2.05, 4.69) is 82.4 Å². The largest absolute Gasteiger partial charge is 0.497 e. The van der Waals surface area contributed by atoms with Crippen LogP contribution in [-0.2, 0) is 19.2 Å². The Kier molecular flexibility index (Phi) is 29.5. The van der Waals surface area contributed by atoms with E-state index in [1.165, 1.54) is 23.5 Å². The minimum absolute atomic E-state index is 0.0185. The Balaban J connectivity index is 0.000000178. The molecule has 34 heteroatoms. The van der Waals surface area contributed by atoms with Gasteiger partial charge in [-0.25, -0.2) is 14.6 Å². The summed E-state index contributed by atoms with van der Waals surface area (Å²) in [5.41, 5.74) is 17.1. The Bertz CT molecular complexity index is 4910. The zero-order valence-corrected chi connectivity index (χ0v) is 60.7. The number of aliphatic imine (C=N–C) groups is 4. The molecule has 0 radical (unpaired) electrons. The predicted molar refractivity (Wildman–Crippen MR) is 416 cm³/mol. The topological polar surface area (TPSA) is 446 Å². The van der Waals surface area contributed by atoms with Gasteiger partial charge in [-0.2, -0.15) is 34.9 Å². The van der Waals surface area contributed by atoms with Crippen molar-refractivity contribution in [3.05, 3.63) is 217 Å². The number of nitrogens with zero attached hydrogens (tertiary/aromatic N) is 8. The lowest BCUT2D eigenvalue weighted by atomic mass is 10.2. The second-order valence-electron chi connectivity index (χ2n) is 22.0. The third-order valence-corrected chi connectivity index (χ3v) is 15.0. The van der Waals surface area contributed by atoms with Gasteiger partial charge in [-0.1, -0.05) is 84.1 Å². The van der Waals surface area contributed by atoms with E-state index in [1.807, 2.05) is 73.7 Å². The fraction of sp³-hybridized carbons (Fsp3) is 0.132. The second-order valence-corrected chi connectivity index (χ2v) is 23.0. The minimum Gasteiger partial charge on any atom is -0.497 e. The lowest BCUT2D eigenvalue weighted by Crippen LogP contribution is -2.46. The molecule has 0 fully saturated rings. The lowest BCUT2D eigenvalue weighted by molar-refractivity contribution is -0.122. The minimum atomic E-state index is -0.568. The van der Waals surface area contributed by atoms with Gasteiger partial charge in [0, 0.05) is 25.2 Å². The first-order valence-electron chi connectivity index (χ1n) is 33.2. The Hall–Kier alpha value is -15.0. The van der Waals surface area contributed by atoms with Gasteiger partial charge in [-0.3, -0.25) is 51.1 Å². The van der Waals surface area contributed by atoms with E-state index in [1.54, 1.807) is 175 Å². The van der Waals surface area contributed by atoms with Gasteiger partial charge in [0.25, 0.3) is 23.6 Å². The summed E-state index contributed by atoms with van der Waals surface area (Å²) in [6, 6.07) is 56.2. The van der Waals surface area contributed by atoms with Crippen LogP contribution in [0.2, 0.25) is 0 Å². The summed E-state index contributed by atoms with van der Waals surface area (Å²) in [4.78, 5) is 106. The number of nitrogens with one attached hydrogen (secondary N) is 8. The summed E-state index contributed by atoms with van der Waals surface area (Å²) < 4.78 is 49.0. The molecule has 0 spiro atoms. The highest BCUT2D eigenvalue weighted by Gasteiger charge is 2.17. The van der Waals surface area contributed by atoms with Crippen molar-refractivity contribution in [2.45, 2.75) is 13.8 Å². The number of rotatable bonds is 20. The molecule has 0 unspecified atom stereocenters. The molecular weight excluding hydrogens is 1440 g/mol. The van der Waals surface area contributed by atoms with Crippen molar-refractivity contribution in [2.75, 3.05) is 54.7 Å². The van der Waals surface area contributed by atoms with Crippen molar-refractivity contribution < 1.29 is 70.4 Å². The average Bonchev–Trinajstić information content (AvgIpc) is 1.71. The number of amides is 8. The molecule has 12 aromatic rings. The van der Waals surface area contributed by atoms with Gasteiger partial charge in [0.2, 0.25) is 29.0 Å². The maximum atomic E-state index is 12.6. The van der Waals surface area contributed by atoms with Crippen LogP contribution in [0.25, 0.3) is 55.7 Å². The maximum Gasteiger partial charge on any atom is 0.326 e. The van der Waals surface area contributed by atoms with Crippen LogP contribution in [0.1, 0.15) is 25.0 Å². The molecule has 8 amide bonds. The average molecular weight is 1510 g/mol. The van der Waals surface area contributed by atoms with Gasteiger partial charge in [0.15, 0.2) is 30.0 Å². The zero-order chi connectivity index (χ0) is 78.0. The molecule has 12 rings (SSSR count). The number of thiazole rings is 1. The third-order valence-electron chi connectivity index (χ3n) is 14.1. The van der Waals surface area contributed by atoms with E-state index in [4.69, 9.17) is 53.1 Å². The first-order valence-corrected chi connectivity index (χ1v) is 34.0.